The van der Waals surface area contributed by atoms with Gasteiger partial charge in [-0.05, 0) is 18.9 Å². The number of carbonyl (C=O) groups is 1. The molecule has 7 heteroatoms. The van der Waals surface area contributed by atoms with Gasteiger partial charge in [0.15, 0.2) is 0 Å². The average Bonchev–Trinajstić information content (AvgIpc) is 2.24. The van der Waals surface area contributed by atoms with Gasteiger partial charge in [-0.25, -0.2) is 9.78 Å². The maximum atomic E-state index is 11.0. The van der Waals surface area contributed by atoms with Gasteiger partial charge in [-0.3, -0.25) is 10.1 Å². The lowest BCUT2D eigenvalue weighted by Crippen LogP contribution is -2.34. The molecule has 0 aliphatic heterocycles. The fraction of sp³-hybridized carbons (Fsp3) is 0.455. The highest BCUT2D eigenvalue weighted by Crippen LogP contribution is 2.20. The van der Waals surface area contributed by atoms with Crippen LogP contribution < -0.4 is 5.32 Å². The molecule has 1 aromatic rings. The van der Waals surface area contributed by atoms with Crippen molar-refractivity contribution in [1.82, 2.24) is 4.98 Å². The van der Waals surface area contributed by atoms with Gasteiger partial charge in [0.05, 0.1) is 4.92 Å². The van der Waals surface area contributed by atoms with Crippen molar-refractivity contribution in [2.45, 2.75) is 26.8 Å². The Morgan fingerprint density at radius 2 is 2.17 bits per heavy atom. The third-order valence-electron chi connectivity index (χ3n) is 2.52. The summed E-state index contributed by atoms with van der Waals surface area (Å²) >= 11 is 0. The molecule has 0 aromatic carbocycles. The van der Waals surface area contributed by atoms with E-state index in [0.717, 1.165) is 6.20 Å². The maximum absolute atomic E-state index is 11.0. The van der Waals surface area contributed by atoms with Crippen LogP contribution in [0.4, 0.5) is 11.5 Å². The van der Waals surface area contributed by atoms with Crippen molar-refractivity contribution in [2.24, 2.45) is 5.92 Å². The lowest BCUT2D eigenvalue weighted by Gasteiger charge is -2.18. The molecule has 0 aliphatic rings. The Kier molecular flexibility index (Phi) is 4.19. The van der Waals surface area contributed by atoms with Crippen LogP contribution in [0.15, 0.2) is 12.3 Å². The van der Waals surface area contributed by atoms with Crippen LogP contribution >= 0.6 is 0 Å². The Balaban J connectivity index is 2.95. The summed E-state index contributed by atoms with van der Waals surface area (Å²) in [5, 5.41) is 22.4. The van der Waals surface area contributed by atoms with Crippen molar-refractivity contribution in [2.75, 3.05) is 5.32 Å². The number of nitrogens with zero attached hydrogens (tertiary/aromatic N) is 2. The molecule has 1 aromatic heterocycles. The number of anilines is 1. The van der Waals surface area contributed by atoms with Gasteiger partial charge in [-0.2, -0.15) is 0 Å². The smallest absolute Gasteiger partial charge is 0.326 e. The van der Waals surface area contributed by atoms with E-state index < -0.39 is 16.9 Å². The summed E-state index contributed by atoms with van der Waals surface area (Å²) in [6.45, 7) is 5.12. The number of carboxylic acids is 1. The Hall–Kier alpha value is -2.18. The molecule has 7 nitrogen and oxygen atoms in total. The number of nitrogens with one attached hydrogen (secondary N) is 1. The van der Waals surface area contributed by atoms with Crippen LogP contribution in [0.3, 0.4) is 0 Å². The van der Waals surface area contributed by atoms with Crippen LogP contribution in [0.5, 0.6) is 0 Å². The van der Waals surface area contributed by atoms with E-state index in [4.69, 9.17) is 5.11 Å². The number of aryl methyl sites for hydroxylation is 1. The third kappa shape index (κ3) is 3.16. The SMILES string of the molecule is Cc1cc(N[C@H](C(=O)O)C(C)C)ncc1[N+](=O)[O-]. The van der Waals surface area contributed by atoms with Crippen molar-refractivity contribution >= 4 is 17.5 Å². The van der Waals surface area contributed by atoms with Gasteiger partial charge < -0.3 is 10.4 Å². The highest BCUT2D eigenvalue weighted by molar-refractivity contribution is 5.77. The van der Waals surface area contributed by atoms with Crippen LogP contribution in [0, 0.1) is 23.0 Å². The van der Waals surface area contributed by atoms with Crippen LogP contribution in [0.25, 0.3) is 0 Å². The van der Waals surface area contributed by atoms with Gasteiger partial charge in [-0.1, -0.05) is 13.8 Å². The van der Waals surface area contributed by atoms with Gasteiger partial charge in [0.2, 0.25) is 0 Å². The number of aliphatic carboxylic acids is 1. The van der Waals surface area contributed by atoms with Crippen molar-refractivity contribution in [3.63, 3.8) is 0 Å². The number of aromatic nitrogens is 1. The molecule has 0 spiro atoms. The molecule has 0 aliphatic carbocycles. The molecule has 1 atom stereocenters. The van der Waals surface area contributed by atoms with Crippen molar-refractivity contribution in [3.8, 4) is 0 Å². The highest BCUT2D eigenvalue weighted by atomic mass is 16.6. The zero-order valence-electron chi connectivity index (χ0n) is 10.4. The lowest BCUT2D eigenvalue weighted by molar-refractivity contribution is -0.385. The second kappa shape index (κ2) is 5.44. The molecule has 0 bridgehead atoms. The van der Waals surface area contributed by atoms with Crippen LogP contribution in [-0.4, -0.2) is 27.0 Å². The quantitative estimate of drug-likeness (QED) is 0.612. The summed E-state index contributed by atoms with van der Waals surface area (Å²) in [6.07, 6.45) is 1.12. The van der Waals surface area contributed by atoms with Gasteiger partial charge in [0.1, 0.15) is 18.1 Å². The van der Waals surface area contributed by atoms with Crippen LogP contribution in [0.1, 0.15) is 19.4 Å². The number of pyridine rings is 1. The van der Waals surface area contributed by atoms with E-state index in [-0.39, 0.29) is 11.6 Å². The van der Waals surface area contributed by atoms with E-state index >= 15 is 0 Å². The Labute approximate surface area is 104 Å². The zero-order valence-corrected chi connectivity index (χ0v) is 10.4. The summed E-state index contributed by atoms with van der Waals surface area (Å²) < 4.78 is 0. The van der Waals surface area contributed by atoms with Gasteiger partial charge >= 0.3 is 5.97 Å². The first kappa shape index (κ1) is 13.9. The summed E-state index contributed by atoms with van der Waals surface area (Å²) in [5.74, 6) is -0.790. The first-order valence-electron chi connectivity index (χ1n) is 5.43. The second-order valence-electron chi connectivity index (χ2n) is 4.32. The number of nitro groups is 1. The number of hydrogen-bond donors (Lipinski definition) is 2. The first-order chi connectivity index (χ1) is 8.32. The van der Waals surface area contributed by atoms with Gasteiger partial charge in [0, 0.05) is 5.56 Å². The molecule has 0 radical (unpaired) electrons. The minimum atomic E-state index is -0.984. The standard InChI is InChI=1S/C11H15N3O4/c1-6(2)10(11(15)16)13-9-4-7(3)8(5-12-9)14(17)18/h4-6,10H,1-3H3,(H,12,13)(H,15,16)/t10-/m0/s1. The molecule has 0 unspecified atom stereocenters. The largest absolute Gasteiger partial charge is 0.480 e. The number of hydrogen-bond acceptors (Lipinski definition) is 5. The molecular weight excluding hydrogens is 238 g/mol. The molecule has 2 N–H and O–H groups in total. The molecular formula is C11H15N3O4. The predicted molar refractivity (Wildman–Crippen MR) is 65.5 cm³/mol. The topological polar surface area (TPSA) is 105 Å². The van der Waals surface area contributed by atoms with Crippen molar-refractivity contribution in [1.29, 1.82) is 0 Å². The minimum absolute atomic E-state index is 0.0861. The minimum Gasteiger partial charge on any atom is -0.480 e. The maximum Gasteiger partial charge on any atom is 0.326 e. The molecule has 0 fully saturated rings. The lowest BCUT2D eigenvalue weighted by atomic mass is 10.0. The van der Waals surface area contributed by atoms with E-state index in [9.17, 15) is 14.9 Å². The molecule has 0 amide bonds. The molecule has 98 valence electrons. The summed E-state index contributed by atoms with van der Waals surface area (Å²) in [4.78, 5) is 25.0. The Morgan fingerprint density at radius 3 is 2.56 bits per heavy atom. The third-order valence-corrected chi connectivity index (χ3v) is 2.52. The van der Waals surface area contributed by atoms with E-state index in [2.05, 4.69) is 10.3 Å². The summed E-state index contributed by atoms with van der Waals surface area (Å²) in [7, 11) is 0. The van der Waals surface area contributed by atoms with E-state index in [0.29, 0.717) is 11.4 Å². The predicted octanol–water partition coefficient (Wildman–Crippen LogP) is 1.82. The van der Waals surface area contributed by atoms with E-state index in [1.165, 1.54) is 6.07 Å². The number of rotatable bonds is 5. The molecule has 18 heavy (non-hydrogen) atoms. The second-order valence-corrected chi connectivity index (χ2v) is 4.32. The number of carboxylic acid groups (broad SMARTS) is 1. The fourth-order valence-corrected chi connectivity index (χ4v) is 1.49. The van der Waals surface area contributed by atoms with E-state index in [1.807, 2.05) is 0 Å². The van der Waals surface area contributed by atoms with Crippen molar-refractivity contribution in [3.05, 3.63) is 27.9 Å². The Morgan fingerprint density at radius 1 is 1.56 bits per heavy atom. The summed E-state index contributed by atoms with van der Waals surface area (Å²) in [5.41, 5.74) is 0.349. The molecule has 1 rings (SSSR count). The fourth-order valence-electron chi connectivity index (χ4n) is 1.49. The van der Waals surface area contributed by atoms with Crippen LogP contribution in [-0.2, 0) is 4.79 Å². The summed E-state index contributed by atoms with van der Waals surface area (Å²) in [6, 6.07) is 0.689. The van der Waals surface area contributed by atoms with Gasteiger partial charge in [-0.15, -0.1) is 0 Å². The molecule has 0 saturated carbocycles. The monoisotopic (exact) mass is 253 g/mol. The molecule has 1 heterocycles. The molecule has 0 saturated heterocycles. The Bertz CT molecular complexity index is 473. The highest BCUT2D eigenvalue weighted by Gasteiger charge is 2.22. The average molecular weight is 253 g/mol. The van der Waals surface area contributed by atoms with E-state index in [1.54, 1.807) is 20.8 Å². The van der Waals surface area contributed by atoms with Crippen LogP contribution in [0.2, 0.25) is 0 Å². The normalized spacial score (nSPS) is 12.2. The van der Waals surface area contributed by atoms with Crippen molar-refractivity contribution < 1.29 is 14.8 Å². The first-order valence-corrected chi connectivity index (χ1v) is 5.43. The van der Waals surface area contributed by atoms with Gasteiger partial charge in [0.25, 0.3) is 5.69 Å². The zero-order chi connectivity index (χ0) is 13.9.